The lowest BCUT2D eigenvalue weighted by molar-refractivity contribution is -0.126. The van der Waals surface area contributed by atoms with Gasteiger partial charge in [-0.2, -0.15) is 0 Å². The first-order valence-corrected chi connectivity index (χ1v) is 12.5. The molecule has 0 heterocycles. The maximum absolute atomic E-state index is 13.3. The summed E-state index contributed by atoms with van der Waals surface area (Å²) in [7, 11) is 1.56. The van der Waals surface area contributed by atoms with Gasteiger partial charge in [-0.25, -0.2) is 0 Å². The van der Waals surface area contributed by atoms with E-state index in [9.17, 15) is 14.4 Å². The first-order valence-electron chi connectivity index (χ1n) is 12.5. The van der Waals surface area contributed by atoms with Gasteiger partial charge in [0.2, 0.25) is 5.91 Å². The molecule has 0 spiro atoms. The van der Waals surface area contributed by atoms with Crippen LogP contribution in [0.1, 0.15) is 33.9 Å². The lowest BCUT2D eigenvalue weighted by Crippen LogP contribution is -2.37. The summed E-state index contributed by atoms with van der Waals surface area (Å²) in [6, 6.07) is 29.1. The molecule has 0 fully saturated rings. The van der Waals surface area contributed by atoms with Crippen molar-refractivity contribution in [1.29, 1.82) is 0 Å². The molecule has 5 N–H and O–H groups in total. The van der Waals surface area contributed by atoms with Gasteiger partial charge in [0.1, 0.15) is 11.8 Å². The number of benzene rings is 4. The van der Waals surface area contributed by atoms with Crippen molar-refractivity contribution in [2.45, 2.75) is 18.9 Å². The molecule has 0 aromatic heterocycles. The minimum atomic E-state index is -0.975. The van der Waals surface area contributed by atoms with Crippen molar-refractivity contribution in [1.82, 2.24) is 5.32 Å². The van der Waals surface area contributed by atoms with Crippen LogP contribution >= 0.6 is 0 Å². The Morgan fingerprint density at radius 3 is 2.13 bits per heavy atom. The topological polar surface area (TPSA) is 123 Å². The molecule has 0 aliphatic carbocycles. The molecule has 0 bridgehead atoms. The molecule has 198 valence electrons. The number of anilines is 3. The SMILES string of the molecule is COc1ccc(NC(=O)C(NC(=O)CCc2ccccc2)c2ccc(C(=O)Nc3ccccc3N)cc2)cc1. The fourth-order valence-corrected chi connectivity index (χ4v) is 3.96. The van der Waals surface area contributed by atoms with E-state index in [0.29, 0.717) is 40.4 Å². The second-order valence-electron chi connectivity index (χ2n) is 8.87. The Labute approximate surface area is 227 Å². The number of hydrogen-bond donors (Lipinski definition) is 4. The third-order valence-corrected chi connectivity index (χ3v) is 6.12. The molecular formula is C31H30N4O4. The maximum atomic E-state index is 13.3. The Morgan fingerprint density at radius 2 is 1.46 bits per heavy atom. The predicted octanol–water partition coefficient (Wildman–Crippen LogP) is 4.96. The number of aryl methyl sites for hydroxylation is 1. The number of carbonyl (C=O) groups is 3. The number of carbonyl (C=O) groups excluding carboxylic acids is 3. The van der Waals surface area contributed by atoms with Crippen LogP contribution < -0.4 is 26.4 Å². The van der Waals surface area contributed by atoms with E-state index in [0.717, 1.165) is 5.56 Å². The van der Waals surface area contributed by atoms with Crippen molar-refractivity contribution < 1.29 is 19.1 Å². The smallest absolute Gasteiger partial charge is 0.255 e. The van der Waals surface area contributed by atoms with E-state index in [4.69, 9.17) is 10.5 Å². The number of nitrogens with one attached hydrogen (secondary N) is 3. The fourth-order valence-electron chi connectivity index (χ4n) is 3.96. The average molecular weight is 523 g/mol. The highest BCUT2D eigenvalue weighted by molar-refractivity contribution is 6.06. The van der Waals surface area contributed by atoms with E-state index in [2.05, 4.69) is 16.0 Å². The summed E-state index contributed by atoms with van der Waals surface area (Å²) in [5, 5.41) is 8.48. The molecule has 0 aliphatic heterocycles. The first kappa shape index (κ1) is 26.9. The molecule has 1 atom stereocenters. The summed E-state index contributed by atoms with van der Waals surface area (Å²) in [6.07, 6.45) is 0.760. The van der Waals surface area contributed by atoms with Crippen LogP contribution in [0.3, 0.4) is 0 Å². The van der Waals surface area contributed by atoms with Crippen molar-refractivity contribution in [2.75, 3.05) is 23.5 Å². The lowest BCUT2D eigenvalue weighted by Gasteiger charge is -2.20. The zero-order chi connectivity index (χ0) is 27.6. The molecule has 0 saturated heterocycles. The minimum Gasteiger partial charge on any atom is -0.497 e. The second kappa shape index (κ2) is 12.9. The summed E-state index contributed by atoms with van der Waals surface area (Å²) < 4.78 is 5.17. The number of rotatable bonds is 10. The van der Waals surface area contributed by atoms with Gasteiger partial charge in [-0.15, -0.1) is 0 Å². The third kappa shape index (κ3) is 7.45. The normalized spacial score (nSPS) is 11.2. The third-order valence-electron chi connectivity index (χ3n) is 6.12. The standard InChI is InChI=1S/C31H30N4O4/c1-39-25-18-16-24(17-19-25)33-31(38)29(35-28(36)20-11-21-7-3-2-4-8-21)22-12-14-23(15-13-22)30(37)34-27-10-6-5-9-26(27)32/h2-10,12-19,29H,11,20,32H2,1H3,(H,33,38)(H,34,37)(H,35,36). The Morgan fingerprint density at radius 1 is 0.795 bits per heavy atom. The highest BCUT2D eigenvalue weighted by Crippen LogP contribution is 2.22. The van der Waals surface area contributed by atoms with Gasteiger partial charge in [-0.3, -0.25) is 14.4 Å². The van der Waals surface area contributed by atoms with Crippen molar-refractivity contribution in [3.8, 4) is 5.75 Å². The summed E-state index contributed by atoms with van der Waals surface area (Å²) in [4.78, 5) is 38.9. The van der Waals surface area contributed by atoms with Crippen molar-refractivity contribution in [2.24, 2.45) is 0 Å². The van der Waals surface area contributed by atoms with Gasteiger partial charge in [0.15, 0.2) is 0 Å². The van der Waals surface area contributed by atoms with Crippen LogP contribution in [0, 0.1) is 0 Å². The van der Waals surface area contributed by atoms with Crippen LogP contribution in [0.15, 0.2) is 103 Å². The quantitative estimate of drug-likeness (QED) is 0.219. The van der Waals surface area contributed by atoms with Crippen LogP contribution in [0.25, 0.3) is 0 Å². The average Bonchev–Trinajstić information content (AvgIpc) is 2.97. The number of amides is 3. The summed E-state index contributed by atoms with van der Waals surface area (Å²) in [6.45, 7) is 0. The molecule has 0 aliphatic rings. The lowest BCUT2D eigenvalue weighted by atomic mass is 10.0. The molecule has 1 unspecified atom stereocenters. The second-order valence-corrected chi connectivity index (χ2v) is 8.87. The van der Waals surface area contributed by atoms with E-state index in [1.807, 2.05) is 30.3 Å². The van der Waals surface area contributed by atoms with Gasteiger partial charge < -0.3 is 26.4 Å². The van der Waals surface area contributed by atoms with Crippen LogP contribution in [0.5, 0.6) is 5.75 Å². The Hall–Kier alpha value is -5.11. The van der Waals surface area contributed by atoms with Gasteiger partial charge in [0, 0.05) is 17.7 Å². The molecule has 3 amide bonds. The Balaban J connectivity index is 1.50. The van der Waals surface area contributed by atoms with Crippen LogP contribution in [-0.4, -0.2) is 24.8 Å². The van der Waals surface area contributed by atoms with Crippen LogP contribution in [-0.2, 0) is 16.0 Å². The fraction of sp³-hybridized carbons (Fsp3) is 0.129. The zero-order valence-electron chi connectivity index (χ0n) is 21.5. The van der Waals surface area contributed by atoms with E-state index >= 15 is 0 Å². The summed E-state index contributed by atoms with van der Waals surface area (Å²) in [5.41, 5.74) is 9.39. The molecular weight excluding hydrogens is 492 g/mol. The summed E-state index contributed by atoms with van der Waals surface area (Å²) >= 11 is 0. The molecule has 0 radical (unpaired) electrons. The Bertz CT molecular complexity index is 1420. The largest absolute Gasteiger partial charge is 0.497 e. The van der Waals surface area contributed by atoms with E-state index in [1.165, 1.54) is 0 Å². The number of para-hydroxylation sites is 2. The van der Waals surface area contributed by atoms with Gasteiger partial charge in [-0.05, 0) is 66.1 Å². The molecule has 0 saturated carbocycles. The van der Waals surface area contributed by atoms with Gasteiger partial charge >= 0.3 is 0 Å². The molecule has 4 aromatic rings. The van der Waals surface area contributed by atoms with Crippen LogP contribution in [0.4, 0.5) is 17.1 Å². The highest BCUT2D eigenvalue weighted by Gasteiger charge is 2.23. The highest BCUT2D eigenvalue weighted by atomic mass is 16.5. The van der Waals surface area contributed by atoms with Gasteiger partial charge in [-0.1, -0.05) is 54.6 Å². The molecule has 4 rings (SSSR count). The van der Waals surface area contributed by atoms with E-state index < -0.39 is 11.9 Å². The van der Waals surface area contributed by atoms with Crippen LogP contribution in [0.2, 0.25) is 0 Å². The van der Waals surface area contributed by atoms with Gasteiger partial charge in [0.25, 0.3) is 11.8 Å². The molecule has 39 heavy (non-hydrogen) atoms. The number of methoxy groups -OCH3 is 1. The van der Waals surface area contributed by atoms with Crippen molar-refractivity contribution >= 4 is 34.8 Å². The zero-order valence-corrected chi connectivity index (χ0v) is 21.5. The maximum Gasteiger partial charge on any atom is 0.255 e. The monoisotopic (exact) mass is 522 g/mol. The number of nitrogen functional groups attached to an aromatic ring is 1. The predicted molar refractivity (Wildman–Crippen MR) is 153 cm³/mol. The van der Waals surface area contributed by atoms with E-state index in [1.54, 1.807) is 79.9 Å². The molecule has 8 heteroatoms. The van der Waals surface area contributed by atoms with Crippen molar-refractivity contribution in [3.05, 3.63) is 120 Å². The van der Waals surface area contributed by atoms with E-state index in [-0.39, 0.29) is 18.2 Å². The Kier molecular flexibility index (Phi) is 8.92. The number of hydrogen-bond acceptors (Lipinski definition) is 5. The van der Waals surface area contributed by atoms with Gasteiger partial charge in [0.05, 0.1) is 18.5 Å². The first-order chi connectivity index (χ1) is 18.9. The summed E-state index contributed by atoms with van der Waals surface area (Å²) in [5.74, 6) is -0.368. The molecule has 8 nitrogen and oxygen atoms in total. The minimum absolute atomic E-state index is 0.218. The number of nitrogens with two attached hydrogens (primary N) is 1. The van der Waals surface area contributed by atoms with Crippen molar-refractivity contribution in [3.63, 3.8) is 0 Å². The number of ether oxygens (including phenoxy) is 1. The molecule has 4 aromatic carbocycles.